The molecule has 5 rings (SSSR count). The van der Waals surface area contributed by atoms with Crippen LogP contribution in [0.4, 0.5) is 0 Å². The van der Waals surface area contributed by atoms with E-state index in [1.807, 2.05) is 0 Å². The highest BCUT2D eigenvalue weighted by atomic mass is 127. The number of fused-ring (bicyclic) bond motifs is 3. The Morgan fingerprint density at radius 3 is 1.82 bits per heavy atom. The van der Waals surface area contributed by atoms with Crippen LogP contribution in [-0.2, 0) is 4.79 Å². The highest BCUT2D eigenvalue weighted by Gasteiger charge is 2.36. The SMILES string of the molecule is C#CC(C)O.CC(O)c1cc2c(o1)C(=O)c1cccc(O)c1C2=O.O=C1C(=O)c2cccc(O)c2C(O)=C1I. The van der Waals surface area contributed by atoms with E-state index in [9.17, 15) is 39.6 Å². The number of terminal acetylenes is 1. The number of aliphatic hydroxyl groups is 3. The van der Waals surface area contributed by atoms with Gasteiger partial charge in [0.2, 0.25) is 23.1 Å². The second-order valence-corrected chi connectivity index (χ2v) is 9.37. The summed E-state index contributed by atoms with van der Waals surface area (Å²) >= 11 is 1.59. The first-order valence-corrected chi connectivity index (χ1v) is 12.3. The predicted octanol–water partition coefficient (Wildman–Crippen LogP) is 3.63. The Hall–Kier alpha value is -4.25. The van der Waals surface area contributed by atoms with Gasteiger partial charge in [-0.25, -0.2) is 0 Å². The highest BCUT2D eigenvalue weighted by molar-refractivity contribution is 14.1. The molecule has 2 aliphatic carbocycles. The van der Waals surface area contributed by atoms with Crippen molar-refractivity contribution < 1.29 is 49.1 Å². The molecule has 0 fully saturated rings. The average Bonchev–Trinajstić information content (AvgIpc) is 3.36. The molecule has 200 valence electrons. The maximum absolute atomic E-state index is 12.3. The molecule has 0 saturated carbocycles. The molecule has 0 aliphatic heterocycles. The molecule has 2 atom stereocenters. The summed E-state index contributed by atoms with van der Waals surface area (Å²) in [6.07, 6.45) is 3.17. The third-order valence-electron chi connectivity index (χ3n) is 5.51. The van der Waals surface area contributed by atoms with Crippen LogP contribution in [0.1, 0.15) is 73.7 Å². The fourth-order valence-corrected chi connectivity index (χ4v) is 4.11. The molecule has 5 N–H and O–H groups in total. The fourth-order valence-electron chi connectivity index (χ4n) is 3.60. The molecule has 0 radical (unpaired) electrons. The second-order valence-electron chi connectivity index (χ2n) is 8.29. The normalized spacial score (nSPS) is 15.0. The number of benzene rings is 2. The van der Waals surface area contributed by atoms with Crippen LogP contribution in [0, 0.1) is 12.3 Å². The first-order valence-electron chi connectivity index (χ1n) is 11.2. The van der Waals surface area contributed by atoms with Gasteiger partial charge in [0.15, 0.2) is 5.76 Å². The quantitative estimate of drug-likeness (QED) is 0.117. The molecule has 3 aromatic rings. The van der Waals surface area contributed by atoms with Crippen LogP contribution in [0.5, 0.6) is 11.5 Å². The van der Waals surface area contributed by atoms with E-state index in [2.05, 4.69) is 12.3 Å². The highest BCUT2D eigenvalue weighted by Crippen LogP contribution is 2.37. The third kappa shape index (κ3) is 5.63. The minimum Gasteiger partial charge on any atom is -0.507 e. The van der Waals surface area contributed by atoms with Crippen LogP contribution in [0.25, 0.3) is 5.76 Å². The van der Waals surface area contributed by atoms with Gasteiger partial charge < -0.3 is 29.9 Å². The van der Waals surface area contributed by atoms with Crippen molar-refractivity contribution in [2.45, 2.75) is 26.1 Å². The molecule has 11 heteroatoms. The van der Waals surface area contributed by atoms with E-state index in [4.69, 9.17) is 9.52 Å². The van der Waals surface area contributed by atoms with Crippen molar-refractivity contribution in [3.8, 4) is 23.8 Å². The van der Waals surface area contributed by atoms with Gasteiger partial charge in [0.25, 0.3) is 0 Å². The van der Waals surface area contributed by atoms with E-state index >= 15 is 0 Å². The topological polar surface area (TPSA) is 183 Å². The molecule has 1 aromatic heterocycles. The van der Waals surface area contributed by atoms with Crippen LogP contribution in [0.2, 0.25) is 0 Å². The molecular formula is C28H21IO10. The summed E-state index contributed by atoms with van der Waals surface area (Å²) in [7, 11) is 0. The molecule has 1 heterocycles. The van der Waals surface area contributed by atoms with Gasteiger partial charge in [-0.1, -0.05) is 18.1 Å². The number of halogens is 1. The lowest BCUT2D eigenvalue weighted by Crippen LogP contribution is -2.21. The number of carbonyl (C=O) groups is 4. The molecule has 2 aromatic carbocycles. The first-order chi connectivity index (χ1) is 18.3. The number of allylic oxidation sites excluding steroid dienone is 1. The Morgan fingerprint density at radius 2 is 1.31 bits per heavy atom. The van der Waals surface area contributed by atoms with E-state index in [1.54, 1.807) is 29.5 Å². The summed E-state index contributed by atoms with van der Waals surface area (Å²) in [6.45, 7) is 3.02. The first kappa shape index (κ1) is 29.3. The number of hydrogen-bond donors (Lipinski definition) is 5. The summed E-state index contributed by atoms with van der Waals surface area (Å²) < 4.78 is 5.18. The number of ketones is 4. The Bertz CT molecular complexity index is 1580. The lowest BCUT2D eigenvalue weighted by atomic mass is 9.88. The summed E-state index contributed by atoms with van der Waals surface area (Å²) in [4.78, 5) is 47.3. The van der Waals surface area contributed by atoms with Gasteiger partial charge in [-0.3, -0.25) is 19.2 Å². The third-order valence-corrected chi connectivity index (χ3v) is 6.51. The zero-order valence-corrected chi connectivity index (χ0v) is 22.6. The number of aromatic hydroxyl groups is 2. The molecular weight excluding hydrogens is 623 g/mol. The van der Waals surface area contributed by atoms with E-state index in [0.29, 0.717) is 0 Å². The predicted molar refractivity (Wildman–Crippen MR) is 146 cm³/mol. The molecule has 39 heavy (non-hydrogen) atoms. The van der Waals surface area contributed by atoms with E-state index in [1.165, 1.54) is 49.4 Å². The zero-order valence-electron chi connectivity index (χ0n) is 20.4. The largest absolute Gasteiger partial charge is 0.507 e. The smallest absolute Gasteiger partial charge is 0.243 e. The van der Waals surface area contributed by atoms with Gasteiger partial charge in [0.05, 0.1) is 16.7 Å². The van der Waals surface area contributed by atoms with Crippen molar-refractivity contribution in [2.75, 3.05) is 0 Å². The minimum absolute atomic E-state index is 0.0158. The maximum Gasteiger partial charge on any atom is 0.243 e. The van der Waals surface area contributed by atoms with Crippen LogP contribution >= 0.6 is 22.6 Å². The minimum atomic E-state index is -0.914. The summed E-state index contributed by atoms with van der Waals surface area (Å²) in [5, 5.41) is 46.4. The number of furan rings is 1. The zero-order chi connectivity index (χ0) is 29.2. The van der Waals surface area contributed by atoms with Gasteiger partial charge in [-0.2, -0.15) is 0 Å². The number of phenols is 2. The van der Waals surface area contributed by atoms with Crippen molar-refractivity contribution in [3.05, 3.63) is 85.4 Å². The number of Topliss-reactive ketones (excluding diaryl/α,β-unsaturated/α-hetero) is 2. The second kappa shape index (κ2) is 11.6. The Morgan fingerprint density at radius 1 is 0.795 bits per heavy atom. The number of carbonyl (C=O) groups excluding carboxylic acids is 4. The number of phenolic OH excluding ortho intramolecular Hbond substituents is 2. The van der Waals surface area contributed by atoms with Crippen molar-refractivity contribution in [1.82, 2.24) is 0 Å². The molecule has 2 unspecified atom stereocenters. The lowest BCUT2D eigenvalue weighted by Gasteiger charge is -2.15. The number of hydrogen-bond acceptors (Lipinski definition) is 10. The van der Waals surface area contributed by atoms with Crippen molar-refractivity contribution in [2.24, 2.45) is 0 Å². The van der Waals surface area contributed by atoms with Crippen LogP contribution in [0.15, 0.2) is 50.5 Å². The van der Waals surface area contributed by atoms with E-state index < -0.39 is 35.3 Å². The Kier molecular flexibility index (Phi) is 8.75. The van der Waals surface area contributed by atoms with Crippen LogP contribution in [-0.4, -0.2) is 54.8 Å². The molecule has 2 aliphatic rings. The standard InChI is InChI=1S/C14H10O5.C10H5IO4.C4H6O/c1-6(15)10-5-8-12(17)11-7(3-2-4-9(11)16)13(18)14(8)19-10;11-7-9(14)6-4(8(13)10(7)15)2-1-3-5(6)12;1-3-4(2)5/h2-6,15-16H,1H3;1-3,12,14H;1,4-5H,2H3. The molecule has 0 amide bonds. The number of rotatable bonds is 1. The van der Waals surface area contributed by atoms with Gasteiger partial charge in [0, 0.05) is 11.1 Å². The molecule has 0 bridgehead atoms. The summed E-state index contributed by atoms with van der Waals surface area (Å²) in [5.41, 5.74) is 0.251. The molecule has 0 saturated heterocycles. The van der Waals surface area contributed by atoms with Crippen molar-refractivity contribution >= 4 is 51.5 Å². The monoisotopic (exact) mass is 644 g/mol. The van der Waals surface area contributed by atoms with Crippen molar-refractivity contribution in [1.29, 1.82) is 0 Å². The lowest BCUT2D eigenvalue weighted by molar-refractivity contribution is -0.111. The van der Waals surface area contributed by atoms with Gasteiger partial charge in [0.1, 0.15) is 38.8 Å². The summed E-state index contributed by atoms with van der Waals surface area (Å²) in [6, 6.07) is 9.84. The van der Waals surface area contributed by atoms with Crippen LogP contribution in [0.3, 0.4) is 0 Å². The van der Waals surface area contributed by atoms with E-state index in [-0.39, 0.29) is 60.2 Å². The number of aliphatic hydroxyl groups excluding tert-OH is 3. The van der Waals surface area contributed by atoms with E-state index in [0.717, 1.165) is 0 Å². The fraction of sp³-hybridized carbons (Fsp3) is 0.143. The van der Waals surface area contributed by atoms with Gasteiger partial charge >= 0.3 is 0 Å². The maximum atomic E-state index is 12.3. The molecule has 0 spiro atoms. The van der Waals surface area contributed by atoms with Crippen molar-refractivity contribution in [3.63, 3.8) is 0 Å². The van der Waals surface area contributed by atoms with Crippen LogP contribution < -0.4 is 0 Å². The van der Waals surface area contributed by atoms with Gasteiger partial charge in [-0.05, 0) is 66.8 Å². The Labute approximate surface area is 235 Å². The Balaban J connectivity index is 0.000000188. The average molecular weight is 644 g/mol. The molecule has 10 nitrogen and oxygen atoms in total. The summed E-state index contributed by atoms with van der Waals surface area (Å²) in [5.74, 6) is -1.02. The van der Waals surface area contributed by atoms with Gasteiger partial charge in [-0.15, -0.1) is 6.42 Å².